The molecule has 0 saturated carbocycles. The van der Waals surface area contributed by atoms with Crippen LogP contribution in [-0.2, 0) is 0 Å². The van der Waals surface area contributed by atoms with Gasteiger partial charge in [-0.25, -0.2) is 0 Å². The van der Waals surface area contributed by atoms with E-state index in [4.69, 9.17) is 0 Å². The van der Waals surface area contributed by atoms with Gasteiger partial charge < -0.3 is 5.32 Å². The van der Waals surface area contributed by atoms with Crippen LogP contribution in [0.15, 0.2) is 15.9 Å². The zero-order chi connectivity index (χ0) is 9.14. The van der Waals surface area contributed by atoms with Crippen molar-refractivity contribution in [1.82, 2.24) is 5.32 Å². The molecule has 1 aromatic heterocycles. The van der Waals surface area contributed by atoms with Gasteiger partial charge >= 0.3 is 0 Å². The molecule has 0 radical (unpaired) electrons. The third kappa shape index (κ3) is 2.31. The van der Waals surface area contributed by atoms with Crippen LogP contribution >= 0.6 is 27.3 Å². The molecule has 0 saturated heterocycles. The summed E-state index contributed by atoms with van der Waals surface area (Å²) in [5, 5.41) is 3.32. The Hall–Kier alpha value is 0.140. The fourth-order valence-electron chi connectivity index (χ4n) is 1.30. The highest BCUT2D eigenvalue weighted by Crippen LogP contribution is 2.30. The molecule has 0 amide bonds. The molecule has 0 spiro atoms. The molecule has 0 aliphatic heterocycles. The summed E-state index contributed by atoms with van der Waals surface area (Å²) in [5.74, 6) is 0.639. The number of rotatable bonds is 3. The summed E-state index contributed by atoms with van der Waals surface area (Å²) in [7, 11) is 2.01. The van der Waals surface area contributed by atoms with Crippen molar-refractivity contribution < 1.29 is 0 Å². The number of thiophene rings is 1. The van der Waals surface area contributed by atoms with Crippen LogP contribution in [0.2, 0.25) is 0 Å². The van der Waals surface area contributed by atoms with Crippen LogP contribution in [0.1, 0.15) is 24.8 Å². The normalized spacial score (nSPS) is 13.8. The van der Waals surface area contributed by atoms with E-state index in [0.717, 1.165) is 0 Å². The van der Waals surface area contributed by atoms with Gasteiger partial charge in [0, 0.05) is 10.9 Å². The van der Waals surface area contributed by atoms with Gasteiger partial charge in [-0.2, -0.15) is 0 Å². The first-order valence-corrected chi connectivity index (χ1v) is 5.68. The second kappa shape index (κ2) is 4.40. The van der Waals surface area contributed by atoms with Crippen molar-refractivity contribution in [2.45, 2.75) is 19.9 Å². The van der Waals surface area contributed by atoms with E-state index in [9.17, 15) is 0 Å². The van der Waals surface area contributed by atoms with Gasteiger partial charge in [0.15, 0.2) is 0 Å². The molecule has 0 fully saturated rings. The molecule has 68 valence electrons. The van der Waals surface area contributed by atoms with Crippen molar-refractivity contribution in [1.29, 1.82) is 0 Å². The van der Waals surface area contributed by atoms with E-state index in [2.05, 4.69) is 47.2 Å². The van der Waals surface area contributed by atoms with Crippen LogP contribution in [0, 0.1) is 5.92 Å². The molecule has 0 aromatic carbocycles. The van der Waals surface area contributed by atoms with Crippen molar-refractivity contribution in [2.24, 2.45) is 5.92 Å². The van der Waals surface area contributed by atoms with Crippen molar-refractivity contribution in [2.75, 3.05) is 7.05 Å². The molecule has 0 bridgehead atoms. The average molecular weight is 248 g/mol. The highest BCUT2D eigenvalue weighted by molar-refractivity contribution is 9.11. The minimum absolute atomic E-state index is 0.487. The summed E-state index contributed by atoms with van der Waals surface area (Å²) in [4.78, 5) is 1.40. The van der Waals surface area contributed by atoms with E-state index in [-0.39, 0.29) is 0 Å². The highest BCUT2D eigenvalue weighted by Gasteiger charge is 2.14. The fraction of sp³-hybridized carbons (Fsp3) is 0.556. The molecular weight excluding hydrogens is 234 g/mol. The Morgan fingerprint density at radius 3 is 2.42 bits per heavy atom. The Bertz CT molecular complexity index is 244. The van der Waals surface area contributed by atoms with Gasteiger partial charge in [-0.05, 0) is 41.0 Å². The Kier molecular flexibility index (Phi) is 3.75. The number of halogens is 1. The van der Waals surface area contributed by atoms with E-state index in [1.54, 1.807) is 11.3 Å². The Morgan fingerprint density at radius 1 is 1.42 bits per heavy atom. The van der Waals surface area contributed by atoms with Gasteiger partial charge in [-0.3, -0.25) is 0 Å². The van der Waals surface area contributed by atoms with Crippen LogP contribution in [0.25, 0.3) is 0 Å². The van der Waals surface area contributed by atoms with E-state index in [1.807, 2.05) is 7.05 Å². The van der Waals surface area contributed by atoms with E-state index in [1.165, 1.54) is 8.66 Å². The predicted molar refractivity (Wildman–Crippen MR) is 58.7 cm³/mol. The van der Waals surface area contributed by atoms with Gasteiger partial charge in [-0.1, -0.05) is 13.8 Å². The van der Waals surface area contributed by atoms with Gasteiger partial charge in [0.1, 0.15) is 0 Å². The monoisotopic (exact) mass is 247 g/mol. The quantitative estimate of drug-likeness (QED) is 0.864. The Labute approximate surface area is 86.3 Å². The summed E-state index contributed by atoms with van der Waals surface area (Å²) in [6, 6.07) is 4.77. The van der Waals surface area contributed by atoms with Crippen LogP contribution in [-0.4, -0.2) is 7.05 Å². The predicted octanol–water partition coefficient (Wildman–Crippen LogP) is 3.43. The molecule has 1 N–H and O–H groups in total. The summed E-state index contributed by atoms with van der Waals surface area (Å²) in [5.41, 5.74) is 0. The zero-order valence-corrected chi connectivity index (χ0v) is 10.00. The molecule has 1 heterocycles. The molecule has 1 atom stereocenters. The maximum absolute atomic E-state index is 3.47. The second-order valence-corrected chi connectivity index (χ2v) is 5.65. The number of hydrogen-bond donors (Lipinski definition) is 1. The minimum atomic E-state index is 0.487. The average Bonchev–Trinajstić information content (AvgIpc) is 2.37. The summed E-state index contributed by atoms with van der Waals surface area (Å²) in [6.45, 7) is 4.46. The largest absolute Gasteiger partial charge is 0.312 e. The first-order valence-electron chi connectivity index (χ1n) is 4.07. The number of hydrogen-bond acceptors (Lipinski definition) is 2. The lowest BCUT2D eigenvalue weighted by Gasteiger charge is -2.18. The zero-order valence-electron chi connectivity index (χ0n) is 7.60. The standard InChI is InChI=1S/C9H14BrNS/c1-6(2)9(11-3)7-4-5-8(10)12-7/h4-6,9,11H,1-3H3. The summed E-state index contributed by atoms with van der Waals surface area (Å²) < 4.78 is 1.21. The van der Waals surface area contributed by atoms with E-state index in [0.29, 0.717) is 12.0 Å². The smallest absolute Gasteiger partial charge is 0.0701 e. The third-order valence-electron chi connectivity index (χ3n) is 1.88. The molecule has 0 aliphatic carbocycles. The van der Waals surface area contributed by atoms with Crippen LogP contribution < -0.4 is 5.32 Å². The van der Waals surface area contributed by atoms with Crippen molar-refractivity contribution in [3.63, 3.8) is 0 Å². The maximum atomic E-state index is 3.47. The van der Waals surface area contributed by atoms with E-state index >= 15 is 0 Å². The molecule has 1 nitrogen and oxygen atoms in total. The first-order chi connectivity index (χ1) is 5.65. The molecule has 3 heteroatoms. The minimum Gasteiger partial charge on any atom is -0.312 e. The molecular formula is C9H14BrNS. The first kappa shape index (κ1) is 10.2. The van der Waals surface area contributed by atoms with Gasteiger partial charge in [0.25, 0.3) is 0 Å². The molecule has 1 aromatic rings. The second-order valence-electron chi connectivity index (χ2n) is 3.15. The van der Waals surface area contributed by atoms with E-state index < -0.39 is 0 Å². The van der Waals surface area contributed by atoms with Crippen LogP contribution in [0.5, 0.6) is 0 Å². The molecule has 0 aliphatic rings. The fourth-order valence-corrected chi connectivity index (χ4v) is 3.01. The number of nitrogens with one attached hydrogen (secondary N) is 1. The molecule has 1 rings (SSSR count). The van der Waals surface area contributed by atoms with Gasteiger partial charge in [0.05, 0.1) is 3.79 Å². The lowest BCUT2D eigenvalue weighted by molar-refractivity contribution is 0.449. The van der Waals surface area contributed by atoms with Crippen molar-refractivity contribution in [3.05, 3.63) is 20.8 Å². The van der Waals surface area contributed by atoms with Crippen LogP contribution in [0.3, 0.4) is 0 Å². The summed E-state index contributed by atoms with van der Waals surface area (Å²) >= 11 is 5.27. The maximum Gasteiger partial charge on any atom is 0.0701 e. The van der Waals surface area contributed by atoms with Gasteiger partial charge in [-0.15, -0.1) is 11.3 Å². The van der Waals surface area contributed by atoms with Crippen molar-refractivity contribution >= 4 is 27.3 Å². The topological polar surface area (TPSA) is 12.0 Å². The summed E-state index contributed by atoms with van der Waals surface area (Å²) in [6.07, 6.45) is 0. The third-order valence-corrected chi connectivity index (χ3v) is 3.58. The van der Waals surface area contributed by atoms with Gasteiger partial charge in [0.2, 0.25) is 0 Å². The lowest BCUT2D eigenvalue weighted by atomic mass is 10.0. The highest BCUT2D eigenvalue weighted by atomic mass is 79.9. The SMILES string of the molecule is CNC(c1ccc(Br)s1)C(C)C. The molecule has 12 heavy (non-hydrogen) atoms. The van der Waals surface area contributed by atoms with Crippen molar-refractivity contribution in [3.8, 4) is 0 Å². The van der Waals surface area contributed by atoms with Crippen LogP contribution in [0.4, 0.5) is 0 Å². The Balaban J connectivity index is 2.80. The lowest BCUT2D eigenvalue weighted by Crippen LogP contribution is -2.20. The molecule has 1 unspecified atom stereocenters. The Morgan fingerprint density at radius 2 is 2.08 bits per heavy atom.